The lowest BCUT2D eigenvalue weighted by Crippen LogP contribution is -2.14. The van der Waals surface area contributed by atoms with Crippen molar-refractivity contribution in [3.05, 3.63) is 60.0 Å². The van der Waals surface area contributed by atoms with Crippen LogP contribution in [0.2, 0.25) is 0 Å². The van der Waals surface area contributed by atoms with E-state index in [1.54, 1.807) is 0 Å². The Morgan fingerprint density at radius 2 is 1.86 bits per heavy atom. The van der Waals surface area contributed by atoms with Crippen LogP contribution in [0.15, 0.2) is 65.1 Å². The van der Waals surface area contributed by atoms with Gasteiger partial charge in [-0.1, -0.05) is 42.1 Å². The monoisotopic (exact) mass is 505 g/mol. The quantitative estimate of drug-likeness (QED) is 0.275. The number of carbonyl (C=O) groups is 1. The molecular weight excluding hydrogens is 478 g/mol. The zero-order valence-corrected chi connectivity index (χ0v) is 21.1. The van der Waals surface area contributed by atoms with Crippen LogP contribution in [0.1, 0.15) is 32.6 Å². The molecule has 1 fully saturated rings. The maximum atomic E-state index is 12.6. The highest BCUT2D eigenvalue weighted by molar-refractivity contribution is 7.99. The molecule has 0 atom stereocenters. The van der Waals surface area contributed by atoms with Crippen molar-refractivity contribution in [1.82, 2.24) is 19.7 Å². The summed E-state index contributed by atoms with van der Waals surface area (Å²) in [6.07, 6.45) is 5.11. The molecule has 0 saturated heterocycles. The van der Waals surface area contributed by atoms with Crippen molar-refractivity contribution >= 4 is 34.1 Å². The van der Waals surface area contributed by atoms with E-state index in [1.165, 1.54) is 35.9 Å². The molecule has 0 unspecified atom stereocenters. The fourth-order valence-electron chi connectivity index (χ4n) is 4.13. The summed E-state index contributed by atoms with van der Waals surface area (Å²) in [5.41, 5.74) is 2.86. The van der Waals surface area contributed by atoms with Crippen LogP contribution in [0, 0.1) is 0 Å². The van der Waals surface area contributed by atoms with Gasteiger partial charge in [0.05, 0.1) is 17.6 Å². The summed E-state index contributed by atoms with van der Waals surface area (Å²) in [6.45, 7) is 2.76. The van der Waals surface area contributed by atoms with Crippen molar-refractivity contribution in [2.24, 2.45) is 0 Å². The summed E-state index contributed by atoms with van der Waals surface area (Å²) in [7, 11) is 0. The number of nitrogens with one attached hydrogen (secondary N) is 1. The second-order valence-corrected chi connectivity index (χ2v) is 10.1. The van der Waals surface area contributed by atoms with Crippen molar-refractivity contribution in [3.8, 4) is 28.4 Å². The van der Waals surface area contributed by atoms with Gasteiger partial charge in [0, 0.05) is 23.1 Å². The SMILES string of the molecule is CCn1c(SCC(=O)Nc2nc(-c3ccccc3)cs2)nnc1-c1ccc(OC2CCCC2)cc1. The minimum atomic E-state index is -0.121. The molecule has 0 spiro atoms. The van der Waals surface area contributed by atoms with Gasteiger partial charge >= 0.3 is 0 Å². The van der Waals surface area contributed by atoms with E-state index >= 15 is 0 Å². The molecular formula is C26H27N5O2S2. The van der Waals surface area contributed by atoms with Crippen LogP contribution in [0.4, 0.5) is 5.13 Å². The summed E-state index contributed by atoms with van der Waals surface area (Å²) in [6, 6.07) is 18.0. The second kappa shape index (κ2) is 11.0. The minimum absolute atomic E-state index is 0.121. The predicted molar refractivity (Wildman–Crippen MR) is 141 cm³/mol. The number of ether oxygens (including phenoxy) is 1. The highest BCUT2D eigenvalue weighted by Gasteiger charge is 2.18. The first kappa shape index (κ1) is 23.6. The van der Waals surface area contributed by atoms with E-state index in [-0.39, 0.29) is 11.7 Å². The predicted octanol–water partition coefficient (Wildman–Crippen LogP) is 6.14. The highest BCUT2D eigenvalue weighted by atomic mass is 32.2. The average molecular weight is 506 g/mol. The molecule has 2 heterocycles. The number of anilines is 1. The lowest BCUT2D eigenvalue weighted by atomic mass is 10.2. The molecule has 5 rings (SSSR count). The molecule has 0 aliphatic heterocycles. The minimum Gasteiger partial charge on any atom is -0.490 e. The van der Waals surface area contributed by atoms with Crippen LogP contribution < -0.4 is 10.1 Å². The molecule has 35 heavy (non-hydrogen) atoms. The third-order valence-corrected chi connectivity index (χ3v) is 7.63. The van der Waals surface area contributed by atoms with Crippen LogP contribution >= 0.6 is 23.1 Å². The molecule has 4 aromatic rings. The third kappa shape index (κ3) is 5.74. The Hall–Kier alpha value is -3.17. The normalized spacial score (nSPS) is 13.7. The van der Waals surface area contributed by atoms with Crippen molar-refractivity contribution in [3.63, 3.8) is 0 Å². The molecule has 1 aliphatic rings. The second-order valence-electron chi connectivity index (χ2n) is 8.34. The summed E-state index contributed by atoms with van der Waals surface area (Å²) in [5.74, 6) is 1.79. The van der Waals surface area contributed by atoms with Crippen molar-refractivity contribution in [1.29, 1.82) is 0 Å². The summed E-state index contributed by atoms with van der Waals surface area (Å²) >= 11 is 2.79. The largest absolute Gasteiger partial charge is 0.490 e. The van der Waals surface area contributed by atoms with E-state index < -0.39 is 0 Å². The maximum absolute atomic E-state index is 12.6. The van der Waals surface area contributed by atoms with E-state index in [0.29, 0.717) is 22.9 Å². The van der Waals surface area contributed by atoms with Gasteiger partial charge in [0.25, 0.3) is 0 Å². The number of rotatable bonds is 9. The topological polar surface area (TPSA) is 81.9 Å². The lowest BCUT2D eigenvalue weighted by Gasteiger charge is -2.13. The first-order chi connectivity index (χ1) is 17.2. The summed E-state index contributed by atoms with van der Waals surface area (Å²) < 4.78 is 8.10. The Balaban J connectivity index is 1.19. The van der Waals surface area contributed by atoms with Crippen LogP contribution in [0.5, 0.6) is 5.75 Å². The van der Waals surface area contributed by atoms with E-state index in [0.717, 1.165) is 41.2 Å². The van der Waals surface area contributed by atoms with Crippen molar-refractivity contribution < 1.29 is 9.53 Å². The molecule has 0 bridgehead atoms. The Labute approximate surface area is 213 Å². The highest BCUT2D eigenvalue weighted by Crippen LogP contribution is 2.29. The van der Waals surface area contributed by atoms with E-state index in [1.807, 2.05) is 64.5 Å². The number of benzene rings is 2. The van der Waals surface area contributed by atoms with Gasteiger partial charge in [-0.05, 0) is 56.9 Å². The number of nitrogens with zero attached hydrogens (tertiary/aromatic N) is 4. The van der Waals surface area contributed by atoms with Gasteiger partial charge in [-0.15, -0.1) is 21.5 Å². The number of hydrogen-bond donors (Lipinski definition) is 1. The molecule has 9 heteroatoms. The zero-order valence-electron chi connectivity index (χ0n) is 19.5. The van der Waals surface area contributed by atoms with Crippen LogP contribution in [-0.4, -0.2) is 37.5 Å². The van der Waals surface area contributed by atoms with Gasteiger partial charge in [-0.3, -0.25) is 4.79 Å². The molecule has 1 N–H and O–H groups in total. The molecule has 180 valence electrons. The van der Waals surface area contributed by atoms with Gasteiger partial charge < -0.3 is 14.6 Å². The fourth-order valence-corrected chi connectivity index (χ4v) is 5.67. The molecule has 7 nitrogen and oxygen atoms in total. The lowest BCUT2D eigenvalue weighted by molar-refractivity contribution is -0.113. The van der Waals surface area contributed by atoms with Gasteiger partial charge in [0.1, 0.15) is 5.75 Å². The molecule has 1 aliphatic carbocycles. The zero-order chi connectivity index (χ0) is 24.0. The number of carbonyl (C=O) groups excluding carboxylic acids is 1. The average Bonchev–Trinajstić information content (AvgIpc) is 3.65. The fraction of sp³-hybridized carbons (Fsp3) is 0.308. The smallest absolute Gasteiger partial charge is 0.236 e. The van der Waals surface area contributed by atoms with Crippen LogP contribution in [0.25, 0.3) is 22.6 Å². The van der Waals surface area contributed by atoms with Crippen LogP contribution in [-0.2, 0) is 11.3 Å². The first-order valence-electron chi connectivity index (χ1n) is 11.8. The molecule has 1 saturated carbocycles. The van der Waals surface area contributed by atoms with Crippen molar-refractivity contribution in [2.45, 2.75) is 50.4 Å². The standard InChI is InChI=1S/C26H27N5O2S2/c1-2-31-24(19-12-14-21(15-13-19)33-20-10-6-7-11-20)29-30-26(31)35-17-23(32)28-25-27-22(16-34-25)18-8-4-3-5-9-18/h3-5,8-9,12-16,20H,2,6-7,10-11,17H2,1H3,(H,27,28,32). The van der Waals surface area contributed by atoms with Gasteiger partial charge in [0.2, 0.25) is 5.91 Å². The van der Waals surface area contributed by atoms with Gasteiger partial charge in [0.15, 0.2) is 16.1 Å². The number of hydrogen-bond acceptors (Lipinski definition) is 7. The maximum Gasteiger partial charge on any atom is 0.236 e. The molecule has 0 radical (unpaired) electrons. The van der Waals surface area contributed by atoms with E-state index in [2.05, 4.69) is 27.4 Å². The first-order valence-corrected chi connectivity index (χ1v) is 13.7. The molecule has 2 aromatic carbocycles. The van der Waals surface area contributed by atoms with E-state index in [4.69, 9.17) is 4.74 Å². The molecule has 1 amide bonds. The molecule has 2 aromatic heterocycles. The number of thiazole rings is 1. The third-order valence-electron chi connectivity index (χ3n) is 5.90. The van der Waals surface area contributed by atoms with Gasteiger partial charge in [-0.2, -0.15) is 0 Å². The van der Waals surface area contributed by atoms with Crippen molar-refractivity contribution in [2.75, 3.05) is 11.1 Å². The Morgan fingerprint density at radius 3 is 2.60 bits per heavy atom. The Bertz CT molecular complexity index is 1260. The number of thioether (sulfide) groups is 1. The number of amides is 1. The summed E-state index contributed by atoms with van der Waals surface area (Å²) in [5, 5.41) is 14.9. The van der Waals surface area contributed by atoms with E-state index in [9.17, 15) is 4.79 Å². The summed E-state index contributed by atoms with van der Waals surface area (Å²) in [4.78, 5) is 17.1. The Kier molecular flexibility index (Phi) is 7.44. The Morgan fingerprint density at radius 1 is 1.09 bits per heavy atom. The van der Waals surface area contributed by atoms with Gasteiger partial charge in [-0.25, -0.2) is 4.98 Å². The number of aromatic nitrogens is 4. The van der Waals surface area contributed by atoms with Crippen LogP contribution in [0.3, 0.4) is 0 Å².